The lowest BCUT2D eigenvalue weighted by Gasteiger charge is -2.04. The zero-order valence-corrected chi connectivity index (χ0v) is 12.4. The number of amides is 1. The first-order valence-corrected chi connectivity index (χ1v) is 7.08. The van der Waals surface area contributed by atoms with Crippen LogP contribution in [-0.2, 0) is 11.3 Å². The molecule has 0 spiro atoms. The highest BCUT2D eigenvalue weighted by molar-refractivity contribution is 7.71. The van der Waals surface area contributed by atoms with E-state index in [1.165, 1.54) is 9.36 Å². The van der Waals surface area contributed by atoms with Crippen molar-refractivity contribution in [3.63, 3.8) is 0 Å². The highest BCUT2D eigenvalue weighted by atomic mass is 32.1. The molecule has 110 valence electrons. The molecule has 0 fully saturated rings. The van der Waals surface area contributed by atoms with Crippen LogP contribution < -0.4 is 5.32 Å². The molecule has 22 heavy (non-hydrogen) atoms. The number of carbonyl (C=O) groups is 1. The van der Waals surface area contributed by atoms with Gasteiger partial charge in [0.1, 0.15) is 6.54 Å². The third-order valence-electron chi connectivity index (χ3n) is 2.99. The summed E-state index contributed by atoms with van der Waals surface area (Å²) in [5.74, 6) is -0.206. The van der Waals surface area contributed by atoms with Crippen LogP contribution in [0.1, 0.15) is 0 Å². The lowest BCUT2D eigenvalue weighted by atomic mass is 10.3. The van der Waals surface area contributed by atoms with E-state index >= 15 is 0 Å². The van der Waals surface area contributed by atoms with E-state index in [1.54, 1.807) is 0 Å². The number of hydrogen-bond donors (Lipinski definition) is 1. The van der Waals surface area contributed by atoms with Gasteiger partial charge >= 0.3 is 0 Å². The number of nitrogens with zero attached hydrogens (tertiary/aromatic N) is 4. The highest BCUT2D eigenvalue weighted by Gasteiger charge is 2.09. The maximum absolute atomic E-state index is 12.0. The molecule has 0 aliphatic carbocycles. The molecule has 1 aromatic heterocycles. The molecule has 0 saturated carbocycles. The summed E-state index contributed by atoms with van der Waals surface area (Å²) in [5.41, 5.74) is 1.54. The molecule has 1 amide bonds. The van der Waals surface area contributed by atoms with E-state index in [0.29, 0.717) is 4.77 Å². The smallest absolute Gasteiger partial charge is 0.246 e. The van der Waals surface area contributed by atoms with Gasteiger partial charge in [-0.15, -0.1) is 0 Å². The number of para-hydroxylation sites is 2. The summed E-state index contributed by atoms with van der Waals surface area (Å²) in [4.78, 5) is 12.0. The summed E-state index contributed by atoms with van der Waals surface area (Å²) in [6, 6.07) is 18.7. The fourth-order valence-electron chi connectivity index (χ4n) is 1.96. The summed E-state index contributed by atoms with van der Waals surface area (Å²) in [7, 11) is 0. The number of carbonyl (C=O) groups excluding carboxylic acids is 1. The van der Waals surface area contributed by atoms with Gasteiger partial charge in [0.25, 0.3) is 0 Å². The standard InChI is InChI=1S/C15H13N5OS/c21-14(16-12-7-3-1-4-8-12)11-19-15(22)20(18-17-19)13-9-5-2-6-10-13/h1-10H,11H2,(H,16,21). The normalized spacial score (nSPS) is 10.4. The summed E-state index contributed by atoms with van der Waals surface area (Å²) >= 11 is 5.31. The van der Waals surface area contributed by atoms with Crippen LogP contribution >= 0.6 is 12.2 Å². The third-order valence-corrected chi connectivity index (χ3v) is 3.37. The molecular weight excluding hydrogens is 298 g/mol. The van der Waals surface area contributed by atoms with Crippen LogP contribution in [0.15, 0.2) is 60.7 Å². The van der Waals surface area contributed by atoms with Crippen molar-refractivity contribution in [2.75, 3.05) is 5.32 Å². The van der Waals surface area contributed by atoms with Crippen molar-refractivity contribution in [1.82, 2.24) is 19.8 Å². The molecule has 0 aliphatic rings. The van der Waals surface area contributed by atoms with Crippen LogP contribution in [0.3, 0.4) is 0 Å². The van der Waals surface area contributed by atoms with Crippen LogP contribution in [-0.4, -0.2) is 25.7 Å². The summed E-state index contributed by atoms with van der Waals surface area (Å²) < 4.78 is 3.28. The van der Waals surface area contributed by atoms with Gasteiger partial charge in [-0.2, -0.15) is 4.68 Å². The maximum atomic E-state index is 12.0. The Kier molecular flexibility index (Phi) is 4.06. The summed E-state index contributed by atoms with van der Waals surface area (Å²) in [6.07, 6.45) is 0. The number of tetrazole rings is 1. The Labute approximate surface area is 132 Å². The van der Waals surface area contributed by atoms with Crippen LogP contribution in [0.4, 0.5) is 5.69 Å². The van der Waals surface area contributed by atoms with Crippen molar-refractivity contribution in [3.05, 3.63) is 65.4 Å². The van der Waals surface area contributed by atoms with Crippen molar-refractivity contribution in [3.8, 4) is 5.69 Å². The SMILES string of the molecule is O=C(Cn1nnn(-c2ccccc2)c1=S)Nc1ccccc1. The lowest BCUT2D eigenvalue weighted by Crippen LogP contribution is -2.19. The minimum atomic E-state index is -0.206. The number of nitrogens with one attached hydrogen (secondary N) is 1. The molecule has 3 aromatic rings. The van der Waals surface area contributed by atoms with Crippen molar-refractivity contribution < 1.29 is 4.79 Å². The van der Waals surface area contributed by atoms with Gasteiger partial charge in [0, 0.05) is 5.69 Å². The second kappa shape index (κ2) is 6.31. The van der Waals surface area contributed by atoms with E-state index in [9.17, 15) is 4.79 Å². The number of rotatable bonds is 4. The Bertz CT molecular complexity index is 826. The molecule has 3 rings (SSSR count). The lowest BCUT2D eigenvalue weighted by molar-refractivity contribution is -0.116. The quantitative estimate of drug-likeness (QED) is 0.752. The highest BCUT2D eigenvalue weighted by Crippen LogP contribution is 2.07. The molecule has 1 heterocycles. The van der Waals surface area contributed by atoms with Gasteiger partial charge in [-0.25, -0.2) is 4.68 Å². The first kappa shape index (κ1) is 14.2. The summed E-state index contributed by atoms with van der Waals surface area (Å²) in [5, 5.41) is 10.7. The van der Waals surface area contributed by atoms with Crippen LogP contribution in [0.2, 0.25) is 0 Å². The van der Waals surface area contributed by atoms with Gasteiger partial charge in [0.05, 0.1) is 5.69 Å². The van der Waals surface area contributed by atoms with Gasteiger partial charge < -0.3 is 5.32 Å². The van der Waals surface area contributed by atoms with Gasteiger partial charge in [-0.3, -0.25) is 4.79 Å². The zero-order valence-electron chi connectivity index (χ0n) is 11.6. The largest absolute Gasteiger partial charge is 0.324 e. The van der Waals surface area contributed by atoms with E-state index < -0.39 is 0 Å². The monoisotopic (exact) mass is 311 g/mol. The number of aromatic nitrogens is 4. The van der Waals surface area contributed by atoms with Crippen molar-refractivity contribution >= 4 is 23.8 Å². The molecule has 0 saturated heterocycles. The Balaban J connectivity index is 1.75. The second-order valence-electron chi connectivity index (χ2n) is 4.58. The topological polar surface area (TPSA) is 64.7 Å². The molecule has 2 aromatic carbocycles. The number of hydrogen-bond acceptors (Lipinski definition) is 4. The first-order valence-electron chi connectivity index (χ1n) is 6.67. The predicted octanol–water partition coefficient (Wildman–Crippen LogP) is 2.44. The van der Waals surface area contributed by atoms with Crippen molar-refractivity contribution in [1.29, 1.82) is 0 Å². The number of anilines is 1. The van der Waals surface area contributed by atoms with Crippen LogP contribution in [0.5, 0.6) is 0 Å². The molecule has 0 unspecified atom stereocenters. The summed E-state index contributed by atoms with van der Waals surface area (Å²) in [6.45, 7) is 0.0144. The van der Waals surface area contributed by atoms with E-state index in [4.69, 9.17) is 12.2 Å². The average Bonchev–Trinajstić information content (AvgIpc) is 2.90. The molecule has 1 N–H and O–H groups in total. The van der Waals surface area contributed by atoms with Gasteiger partial charge in [-0.05, 0) is 46.9 Å². The Morgan fingerprint density at radius 3 is 2.32 bits per heavy atom. The van der Waals surface area contributed by atoms with Crippen LogP contribution in [0.25, 0.3) is 5.69 Å². The Morgan fingerprint density at radius 2 is 1.64 bits per heavy atom. The molecule has 0 atom stereocenters. The molecular formula is C15H13N5OS. The fourth-order valence-corrected chi connectivity index (χ4v) is 2.21. The Hall–Kier alpha value is -2.80. The number of benzene rings is 2. The molecule has 6 nitrogen and oxygen atoms in total. The zero-order chi connectivity index (χ0) is 15.4. The fraction of sp³-hybridized carbons (Fsp3) is 0.0667. The third kappa shape index (κ3) is 3.09. The maximum Gasteiger partial charge on any atom is 0.246 e. The van der Waals surface area contributed by atoms with E-state index in [-0.39, 0.29) is 12.5 Å². The molecule has 0 bridgehead atoms. The average molecular weight is 311 g/mol. The van der Waals surface area contributed by atoms with E-state index in [1.807, 2.05) is 60.7 Å². The molecule has 7 heteroatoms. The second-order valence-corrected chi connectivity index (χ2v) is 4.95. The molecule has 0 radical (unpaired) electrons. The minimum Gasteiger partial charge on any atom is -0.324 e. The van der Waals surface area contributed by atoms with E-state index in [0.717, 1.165) is 11.4 Å². The predicted molar refractivity (Wildman–Crippen MR) is 85.3 cm³/mol. The van der Waals surface area contributed by atoms with E-state index in [2.05, 4.69) is 15.7 Å². The van der Waals surface area contributed by atoms with Gasteiger partial charge in [-0.1, -0.05) is 36.4 Å². The van der Waals surface area contributed by atoms with Crippen LogP contribution in [0, 0.1) is 4.77 Å². The van der Waals surface area contributed by atoms with Crippen molar-refractivity contribution in [2.45, 2.75) is 6.54 Å². The van der Waals surface area contributed by atoms with Gasteiger partial charge in [0.15, 0.2) is 0 Å². The Morgan fingerprint density at radius 1 is 1.00 bits per heavy atom. The van der Waals surface area contributed by atoms with Gasteiger partial charge in [0.2, 0.25) is 10.7 Å². The first-order chi connectivity index (χ1) is 10.7. The van der Waals surface area contributed by atoms with Crippen molar-refractivity contribution in [2.24, 2.45) is 0 Å². The minimum absolute atomic E-state index is 0.0144. The molecule has 0 aliphatic heterocycles.